The zero-order valence-corrected chi connectivity index (χ0v) is 23.4. The summed E-state index contributed by atoms with van der Waals surface area (Å²) in [5, 5.41) is 0. The molecule has 0 heteroatoms. The largest absolute Gasteiger partial charge is 0.0654 e. The van der Waals surface area contributed by atoms with Crippen LogP contribution < -0.4 is 0 Å². The molecule has 0 rings (SSSR count). The first-order valence-electron chi connectivity index (χ1n) is 15.8. The molecule has 0 unspecified atom stereocenters. The van der Waals surface area contributed by atoms with Gasteiger partial charge in [0.2, 0.25) is 0 Å². The summed E-state index contributed by atoms with van der Waals surface area (Å²) < 4.78 is 0. The summed E-state index contributed by atoms with van der Waals surface area (Å²) in [5.74, 6) is 0.969. The highest BCUT2D eigenvalue weighted by atomic mass is 14.1. The van der Waals surface area contributed by atoms with Gasteiger partial charge in [0.15, 0.2) is 0 Å². The monoisotopic (exact) mass is 451 g/mol. The third-order valence-corrected chi connectivity index (χ3v) is 7.60. The van der Waals surface area contributed by atoms with Crippen molar-refractivity contribution >= 4 is 0 Å². The predicted molar refractivity (Wildman–Crippen MR) is 150 cm³/mol. The highest BCUT2D eigenvalue weighted by Crippen LogP contribution is 2.19. The van der Waals surface area contributed by atoms with Crippen LogP contribution in [-0.2, 0) is 0 Å². The van der Waals surface area contributed by atoms with Gasteiger partial charge < -0.3 is 0 Å². The maximum Gasteiger partial charge on any atom is -0.0443 e. The molecule has 194 valence electrons. The van der Waals surface area contributed by atoms with Crippen molar-refractivity contribution in [2.45, 2.75) is 201 Å². The fourth-order valence-corrected chi connectivity index (χ4v) is 5.17. The highest BCUT2D eigenvalue weighted by Gasteiger charge is 2.02. The second-order valence-electron chi connectivity index (χ2n) is 11.2. The van der Waals surface area contributed by atoms with Crippen molar-refractivity contribution in [3.63, 3.8) is 0 Å². The Morgan fingerprint density at radius 3 is 0.688 bits per heavy atom. The minimum Gasteiger partial charge on any atom is -0.0654 e. The van der Waals surface area contributed by atoms with Crippen molar-refractivity contribution in [3.05, 3.63) is 0 Å². The van der Waals surface area contributed by atoms with Gasteiger partial charge in [0, 0.05) is 0 Å². The standard InChI is InChI=1S/C32H66/c1-4-6-8-10-12-13-14-15-16-17-18-19-20-21-22-23-24-25-27-29-31-32(3)30-28-26-11-9-7-5-2/h32H,4-31H2,1-3H3/t32-/m1/s1. The molecule has 0 radical (unpaired) electrons. The normalized spacial score (nSPS) is 12.5. The van der Waals surface area contributed by atoms with Crippen LogP contribution in [0.1, 0.15) is 201 Å². The first kappa shape index (κ1) is 32.0. The van der Waals surface area contributed by atoms with Crippen LogP contribution in [0.3, 0.4) is 0 Å². The minimum atomic E-state index is 0.969. The molecular weight excluding hydrogens is 384 g/mol. The summed E-state index contributed by atoms with van der Waals surface area (Å²) in [6, 6.07) is 0. The minimum absolute atomic E-state index is 0.969. The van der Waals surface area contributed by atoms with Crippen LogP contribution in [-0.4, -0.2) is 0 Å². The second kappa shape index (κ2) is 29.0. The number of hydrogen-bond acceptors (Lipinski definition) is 0. The number of rotatable bonds is 28. The third kappa shape index (κ3) is 28.0. The summed E-state index contributed by atoms with van der Waals surface area (Å²) in [5.41, 5.74) is 0. The zero-order chi connectivity index (χ0) is 23.4. The van der Waals surface area contributed by atoms with Crippen molar-refractivity contribution in [3.8, 4) is 0 Å². The Kier molecular flexibility index (Phi) is 29.0. The first-order valence-corrected chi connectivity index (χ1v) is 15.8. The molecule has 0 aliphatic rings. The van der Waals surface area contributed by atoms with E-state index >= 15 is 0 Å². The van der Waals surface area contributed by atoms with Gasteiger partial charge in [-0.3, -0.25) is 0 Å². The first-order chi connectivity index (χ1) is 15.8. The molecule has 0 amide bonds. The topological polar surface area (TPSA) is 0 Å². The Bertz CT molecular complexity index is 307. The highest BCUT2D eigenvalue weighted by molar-refractivity contribution is 4.56. The second-order valence-corrected chi connectivity index (χ2v) is 11.2. The lowest BCUT2D eigenvalue weighted by atomic mass is 9.96. The molecule has 0 aliphatic heterocycles. The third-order valence-electron chi connectivity index (χ3n) is 7.60. The fourth-order valence-electron chi connectivity index (χ4n) is 5.17. The van der Waals surface area contributed by atoms with Crippen LogP contribution in [0.25, 0.3) is 0 Å². The van der Waals surface area contributed by atoms with E-state index < -0.39 is 0 Å². The van der Waals surface area contributed by atoms with E-state index in [0.717, 1.165) is 5.92 Å². The molecule has 0 heterocycles. The molecule has 0 fully saturated rings. The lowest BCUT2D eigenvalue weighted by Crippen LogP contribution is -1.95. The van der Waals surface area contributed by atoms with Crippen LogP contribution in [0.4, 0.5) is 0 Å². The molecule has 0 nitrogen and oxygen atoms in total. The van der Waals surface area contributed by atoms with E-state index in [4.69, 9.17) is 0 Å². The summed E-state index contributed by atoms with van der Waals surface area (Å²) in [6.45, 7) is 7.10. The van der Waals surface area contributed by atoms with E-state index in [1.807, 2.05) is 0 Å². The summed E-state index contributed by atoms with van der Waals surface area (Å²) >= 11 is 0. The van der Waals surface area contributed by atoms with Crippen LogP contribution in [0.5, 0.6) is 0 Å². The smallest absolute Gasteiger partial charge is 0.0443 e. The van der Waals surface area contributed by atoms with E-state index in [2.05, 4.69) is 20.8 Å². The Morgan fingerprint density at radius 2 is 0.469 bits per heavy atom. The molecule has 0 saturated carbocycles. The van der Waals surface area contributed by atoms with Crippen LogP contribution in [0.15, 0.2) is 0 Å². The molecule has 32 heavy (non-hydrogen) atoms. The maximum absolute atomic E-state index is 2.49. The molecule has 0 aromatic rings. The number of unbranched alkanes of at least 4 members (excludes halogenated alkanes) is 24. The molecule has 0 aromatic heterocycles. The van der Waals surface area contributed by atoms with Crippen molar-refractivity contribution < 1.29 is 0 Å². The average molecular weight is 451 g/mol. The zero-order valence-electron chi connectivity index (χ0n) is 23.4. The molecule has 0 aromatic carbocycles. The Morgan fingerprint density at radius 1 is 0.281 bits per heavy atom. The van der Waals surface area contributed by atoms with Gasteiger partial charge >= 0.3 is 0 Å². The van der Waals surface area contributed by atoms with E-state index in [1.54, 1.807) is 0 Å². The van der Waals surface area contributed by atoms with Crippen molar-refractivity contribution in [2.24, 2.45) is 5.92 Å². The van der Waals surface area contributed by atoms with Gasteiger partial charge in [-0.2, -0.15) is 0 Å². The SMILES string of the molecule is CCCCCCCCCCCCCCCCCCCCCC[C@H](C)CCCCCCCC. The molecular formula is C32H66. The van der Waals surface area contributed by atoms with E-state index in [0.29, 0.717) is 0 Å². The maximum atomic E-state index is 2.49. The van der Waals surface area contributed by atoms with E-state index in [-0.39, 0.29) is 0 Å². The molecule has 0 saturated heterocycles. The summed E-state index contributed by atoms with van der Waals surface area (Å²) in [4.78, 5) is 0. The molecule has 0 aliphatic carbocycles. The predicted octanol–water partition coefficient (Wildman–Crippen LogP) is 12.6. The van der Waals surface area contributed by atoms with Gasteiger partial charge in [0.05, 0.1) is 0 Å². The van der Waals surface area contributed by atoms with Crippen molar-refractivity contribution in [2.75, 3.05) is 0 Å². The van der Waals surface area contributed by atoms with Gasteiger partial charge in [-0.25, -0.2) is 0 Å². The Balaban J connectivity index is 3.09. The summed E-state index contributed by atoms with van der Waals surface area (Å²) in [7, 11) is 0. The van der Waals surface area contributed by atoms with E-state index in [9.17, 15) is 0 Å². The lowest BCUT2D eigenvalue weighted by molar-refractivity contribution is 0.430. The van der Waals surface area contributed by atoms with Gasteiger partial charge in [0.25, 0.3) is 0 Å². The van der Waals surface area contributed by atoms with Crippen LogP contribution in [0, 0.1) is 5.92 Å². The average Bonchev–Trinajstić information content (AvgIpc) is 2.80. The molecule has 1 atom stereocenters. The fraction of sp³-hybridized carbons (Fsp3) is 1.00. The van der Waals surface area contributed by atoms with Crippen LogP contribution >= 0.6 is 0 Å². The van der Waals surface area contributed by atoms with Crippen molar-refractivity contribution in [1.29, 1.82) is 0 Å². The Hall–Kier alpha value is 0. The Labute approximate surface area is 206 Å². The lowest BCUT2D eigenvalue weighted by Gasteiger charge is -2.11. The molecule has 0 bridgehead atoms. The summed E-state index contributed by atoms with van der Waals surface area (Å²) in [6.07, 6.45) is 41.3. The van der Waals surface area contributed by atoms with Gasteiger partial charge in [-0.15, -0.1) is 0 Å². The number of hydrogen-bond donors (Lipinski definition) is 0. The molecule has 0 N–H and O–H groups in total. The van der Waals surface area contributed by atoms with Gasteiger partial charge in [-0.1, -0.05) is 201 Å². The quantitative estimate of drug-likeness (QED) is 0.104. The van der Waals surface area contributed by atoms with Gasteiger partial charge in [0.1, 0.15) is 0 Å². The van der Waals surface area contributed by atoms with Crippen LogP contribution in [0.2, 0.25) is 0 Å². The molecule has 0 spiro atoms. The van der Waals surface area contributed by atoms with E-state index in [1.165, 1.54) is 180 Å². The van der Waals surface area contributed by atoms with Gasteiger partial charge in [-0.05, 0) is 5.92 Å². The van der Waals surface area contributed by atoms with Crippen molar-refractivity contribution in [1.82, 2.24) is 0 Å².